The monoisotopic (exact) mass is 514 g/mol. The molecule has 0 spiro atoms. The van der Waals surface area contributed by atoms with E-state index in [1.807, 2.05) is 12.1 Å². The molecular formula is C24H25ClN5O4S-. The van der Waals surface area contributed by atoms with Crippen LogP contribution in [0.2, 0.25) is 0 Å². The molecule has 1 aliphatic rings. The zero-order valence-electron chi connectivity index (χ0n) is 18.9. The van der Waals surface area contributed by atoms with Crippen LogP contribution in [-0.4, -0.2) is 74.1 Å². The van der Waals surface area contributed by atoms with Gasteiger partial charge in [-0.05, 0) is 42.8 Å². The zero-order chi connectivity index (χ0) is 24.8. The summed E-state index contributed by atoms with van der Waals surface area (Å²) in [7, 11) is 0. The summed E-state index contributed by atoms with van der Waals surface area (Å²) in [5.74, 6) is 0.322. The fourth-order valence-electron chi connectivity index (χ4n) is 3.97. The van der Waals surface area contributed by atoms with E-state index in [0.29, 0.717) is 67.5 Å². The van der Waals surface area contributed by atoms with Gasteiger partial charge in [-0.25, -0.2) is 4.79 Å². The Bertz CT molecular complexity index is 1210. The summed E-state index contributed by atoms with van der Waals surface area (Å²) in [6.07, 6.45) is 2.32. The molecule has 2 heterocycles. The van der Waals surface area contributed by atoms with E-state index in [-0.39, 0.29) is 11.9 Å². The molecular weight excluding hydrogens is 490 g/mol. The molecule has 1 unspecified atom stereocenters. The van der Waals surface area contributed by atoms with E-state index in [2.05, 4.69) is 10.3 Å². The molecule has 3 amide bonds. The highest BCUT2D eigenvalue weighted by molar-refractivity contribution is 7.81. The third kappa shape index (κ3) is 5.72. The normalized spacial score (nSPS) is 14.6. The molecule has 35 heavy (non-hydrogen) atoms. The largest absolute Gasteiger partial charge is 0.755 e. The Kier molecular flexibility index (Phi) is 8.17. The van der Waals surface area contributed by atoms with Gasteiger partial charge in [0.1, 0.15) is 0 Å². The van der Waals surface area contributed by atoms with Crippen molar-refractivity contribution in [2.24, 2.45) is 0 Å². The Morgan fingerprint density at radius 2 is 1.71 bits per heavy atom. The van der Waals surface area contributed by atoms with Crippen molar-refractivity contribution in [3.05, 3.63) is 66.4 Å². The number of para-hydroxylation sites is 1. The van der Waals surface area contributed by atoms with Gasteiger partial charge < -0.3 is 19.7 Å². The topological polar surface area (TPSA) is 109 Å². The predicted octanol–water partition coefficient (Wildman–Crippen LogP) is 3.26. The first kappa shape index (κ1) is 24.9. The van der Waals surface area contributed by atoms with Crippen LogP contribution in [0.25, 0.3) is 10.9 Å². The lowest BCUT2D eigenvalue weighted by Gasteiger charge is -2.35. The first-order valence-electron chi connectivity index (χ1n) is 11.2. The number of nitrogens with zero attached hydrogens (tertiary/aromatic N) is 4. The summed E-state index contributed by atoms with van der Waals surface area (Å²) in [5, 5.41) is 3.64. The van der Waals surface area contributed by atoms with Crippen LogP contribution < -0.4 is 9.62 Å². The van der Waals surface area contributed by atoms with Gasteiger partial charge in [-0.15, -0.1) is 11.6 Å². The van der Waals surface area contributed by atoms with Gasteiger partial charge in [0, 0.05) is 55.8 Å². The van der Waals surface area contributed by atoms with Crippen LogP contribution in [-0.2, 0) is 11.3 Å². The molecule has 3 aromatic rings. The molecule has 1 atom stereocenters. The van der Waals surface area contributed by atoms with E-state index < -0.39 is 11.3 Å². The molecule has 0 radical (unpaired) electrons. The summed E-state index contributed by atoms with van der Waals surface area (Å²) < 4.78 is 25.5. The molecule has 1 fully saturated rings. The lowest BCUT2D eigenvalue weighted by molar-refractivity contribution is 0.0665. The molecule has 1 aromatic heterocycles. The number of piperazine rings is 1. The number of benzene rings is 2. The molecule has 9 nitrogen and oxygen atoms in total. The van der Waals surface area contributed by atoms with Gasteiger partial charge in [0.25, 0.3) is 5.91 Å². The van der Waals surface area contributed by atoms with Crippen molar-refractivity contribution >= 4 is 57.1 Å². The number of amides is 3. The van der Waals surface area contributed by atoms with Crippen LogP contribution in [0.1, 0.15) is 16.8 Å². The average Bonchev–Trinajstić information content (AvgIpc) is 2.89. The van der Waals surface area contributed by atoms with Crippen molar-refractivity contribution in [2.45, 2.75) is 6.42 Å². The van der Waals surface area contributed by atoms with Gasteiger partial charge in [-0.3, -0.25) is 18.3 Å². The zero-order valence-corrected chi connectivity index (χ0v) is 20.5. The highest BCUT2D eigenvalue weighted by Gasteiger charge is 2.25. The summed E-state index contributed by atoms with van der Waals surface area (Å²) in [6.45, 7) is 2.23. The molecule has 4 rings (SSSR count). The summed E-state index contributed by atoms with van der Waals surface area (Å²) >= 11 is 3.04. The second kappa shape index (κ2) is 11.5. The predicted molar refractivity (Wildman–Crippen MR) is 135 cm³/mol. The molecule has 2 aromatic carbocycles. The number of carbonyl (C=O) groups excluding carboxylic acids is 2. The number of urea groups is 1. The number of hydrogen-bond acceptors (Lipinski definition) is 5. The van der Waals surface area contributed by atoms with Crippen LogP contribution in [0.3, 0.4) is 0 Å². The fourth-order valence-corrected chi connectivity index (χ4v) is 4.70. The van der Waals surface area contributed by atoms with E-state index in [1.165, 1.54) is 0 Å². The molecule has 0 bridgehead atoms. The van der Waals surface area contributed by atoms with Crippen molar-refractivity contribution in [1.29, 1.82) is 0 Å². The third-order valence-corrected chi connectivity index (χ3v) is 6.74. The van der Waals surface area contributed by atoms with Gasteiger partial charge in [0.05, 0.1) is 28.2 Å². The lowest BCUT2D eigenvalue weighted by Crippen LogP contribution is -2.53. The Labute approximate surface area is 211 Å². The van der Waals surface area contributed by atoms with Crippen LogP contribution in [0.5, 0.6) is 0 Å². The number of halogens is 1. The molecule has 0 aliphatic carbocycles. The van der Waals surface area contributed by atoms with Crippen molar-refractivity contribution in [1.82, 2.24) is 20.1 Å². The first-order chi connectivity index (χ1) is 17.0. The smallest absolute Gasteiger partial charge is 0.317 e. The van der Waals surface area contributed by atoms with E-state index in [1.54, 1.807) is 58.5 Å². The highest BCUT2D eigenvalue weighted by Crippen LogP contribution is 2.32. The Morgan fingerprint density at radius 1 is 1.03 bits per heavy atom. The maximum Gasteiger partial charge on any atom is 0.317 e. The van der Waals surface area contributed by atoms with Crippen LogP contribution in [0, 0.1) is 0 Å². The highest BCUT2D eigenvalue weighted by atomic mass is 35.5. The standard InChI is InChI=1S/C24H26ClN5O4S/c25-11-3-13-27-24(32)29-16-14-28(15-17-29)23(31)19-7-9-20(10-8-19)30(35(33)34)21-6-1-4-18-5-2-12-26-22(18)21/h1-2,4-10,12H,3,11,13-17H2,(H,27,32)(H,33,34)/p-1. The number of alkyl halides is 1. The van der Waals surface area contributed by atoms with Crippen molar-refractivity contribution in [2.75, 3.05) is 42.9 Å². The number of aromatic nitrogens is 1. The number of rotatable bonds is 7. The third-order valence-electron chi connectivity index (χ3n) is 5.77. The van der Waals surface area contributed by atoms with Gasteiger partial charge in [0.2, 0.25) is 0 Å². The van der Waals surface area contributed by atoms with E-state index in [0.717, 1.165) is 9.69 Å². The van der Waals surface area contributed by atoms with E-state index >= 15 is 0 Å². The number of hydrogen-bond donors (Lipinski definition) is 1. The number of carbonyl (C=O) groups is 2. The molecule has 0 saturated carbocycles. The molecule has 1 N–H and O–H groups in total. The Hall–Kier alpha value is -3.21. The number of fused-ring (bicyclic) bond motifs is 1. The van der Waals surface area contributed by atoms with Gasteiger partial charge in [0.15, 0.2) is 0 Å². The Balaban J connectivity index is 1.45. The van der Waals surface area contributed by atoms with Crippen LogP contribution >= 0.6 is 11.6 Å². The number of anilines is 2. The lowest BCUT2D eigenvalue weighted by atomic mass is 10.1. The van der Waals surface area contributed by atoms with Crippen LogP contribution in [0.4, 0.5) is 16.2 Å². The van der Waals surface area contributed by atoms with Crippen LogP contribution in [0.15, 0.2) is 60.8 Å². The second-order valence-electron chi connectivity index (χ2n) is 7.96. The molecule has 1 aliphatic heterocycles. The minimum absolute atomic E-state index is 0.153. The van der Waals surface area contributed by atoms with Crippen molar-refractivity contribution in [3.63, 3.8) is 0 Å². The van der Waals surface area contributed by atoms with Crippen molar-refractivity contribution < 1.29 is 18.4 Å². The second-order valence-corrected chi connectivity index (χ2v) is 9.14. The van der Waals surface area contributed by atoms with Crippen molar-refractivity contribution in [3.8, 4) is 0 Å². The number of nitrogens with one attached hydrogen (secondary N) is 1. The molecule has 184 valence electrons. The maximum atomic E-state index is 13.0. The number of pyridine rings is 1. The average molecular weight is 515 g/mol. The first-order valence-corrected chi connectivity index (χ1v) is 12.8. The SMILES string of the molecule is O=C(NCCCCl)N1CCN(C(=O)c2ccc(N(c3cccc4cccnc34)S(=O)[O-])cc2)CC1. The quantitative estimate of drug-likeness (QED) is 0.296. The summed E-state index contributed by atoms with van der Waals surface area (Å²) in [5.41, 5.74) is 1.83. The summed E-state index contributed by atoms with van der Waals surface area (Å²) in [6, 6.07) is 15.3. The summed E-state index contributed by atoms with van der Waals surface area (Å²) in [4.78, 5) is 32.9. The maximum absolute atomic E-state index is 13.0. The van der Waals surface area contributed by atoms with Gasteiger partial charge in [-0.2, -0.15) is 0 Å². The minimum Gasteiger partial charge on any atom is -0.755 e. The minimum atomic E-state index is -2.60. The van der Waals surface area contributed by atoms with E-state index in [4.69, 9.17) is 11.6 Å². The molecule has 11 heteroatoms. The van der Waals surface area contributed by atoms with Gasteiger partial charge in [-0.1, -0.05) is 18.2 Å². The van der Waals surface area contributed by atoms with E-state index in [9.17, 15) is 18.4 Å². The molecule has 1 saturated heterocycles. The fraction of sp³-hybridized carbons (Fsp3) is 0.292. The Morgan fingerprint density at radius 3 is 2.40 bits per heavy atom. The van der Waals surface area contributed by atoms with Gasteiger partial charge >= 0.3 is 6.03 Å².